The van der Waals surface area contributed by atoms with Crippen LogP contribution < -0.4 is 9.64 Å². The van der Waals surface area contributed by atoms with Crippen molar-refractivity contribution in [3.63, 3.8) is 0 Å². The van der Waals surface area contributed by atoms with Crippen LogP contribution in [-0.4, -0.2) is 33.7 Å². The number of hydrogen-bond acceptors (Lipinski definition) is 6. The minimum absolute atomic E-state index is 0.0116. The van der Waals surface area contributed by atoms with Gasteiger partial charge in [0.05, 0.1) is 0 Å². The molecule has 2 aromatic heterocycles. The van der Waals surface area contributed by atoms with Gasteiger partial charge in [-0.2, -0.15) is 0 Å². The monoisotopic (exact) mass is 380 g/mol. The average molecular weight is 380 g/mol. The third kappa shape index (κ3) is 4.14. The lowest BCUT2D eigenvalue weighted by atomic mass is 10.2. The Labute approximate surface area is 161 Å². The summed E-state index contributed by atoms with van der Waals surface area (Å²) in [4.78, 5) is 18.9. The molecule has 0 N–H and O–H groups in total. The molecule has 1 fully saturated rings. The predicted octanol–water partition coefficient (Wildman–Crippen LogP) is 3.95. The number of pyridine rings is 1. The van der Waals surface area contributed by atoms with Gasteiger partial charge in [-0.1, -0.05) is 42.4 Å². The molecular formula is C20H20N4O2S. The van der Waals surface area contributed by atoms with E-state index >= 15 is 0 Å². The van der Waals surface area contributed by atoms with E-state index in [0.717, 1.165) is 36.3 Å². The van der Waals surface area contributed by atoms with Crippen LogP contribution in [0.4, 0.5) is 5.13 Å². The van der Waals surface area contributed by atoms with Gasteiger partial charge in [-0.05, 0) is 37.1 Å². The van der Waals surface area contributed by atoms with Crippen molar-refractivity contribution in [1.29, 1.82) is 0 Å². The van der Waals surface area contributed by atoms with Crippen molar-refractivity contribution in [1.82, 2.24) is 15.2 Å². The number of carbonyl (C=O) groups excluding carboxylic acids is 1. The zero-order valence-electron chi connectivity index (χ0n) is 14.8. The smallest absolute Gasteiger partial charge is 0.267 e. The van der Waals surface area contributed by atoms with Crippen molar-refractivity contribution in [3.8, 4) is 16.3 Å². The maximum absolute atomic E-state index is 13.0. The van der Waals surface area contributed by atoms with Gasteiger partial charge in [0.15, 0.2) is 11.6 Å². The molecule has 0 bridgehead atoms. The van der Waals surface area contributed by atoms with Gasteiger partial charge in [-0.25, -0.2) is 0 Å². The first-order chi connectivity index (χ1) is 13.3. The summed E-state index contributed by atoms with van der Waals surface area (Å²) in [7, 11) is 0. The highest BCUT2D eigenvalue weighted by Gasteiger charge is 2.31. The van der Waals surface area contributed by atoms with Gasteiger partial charge in [0, 0.05) is 24.0 Å². The van der Waals surface area contributed by atoms with Crippen LogP contribution in [0.25, 0.3) is 10.6 Å². The maximum Gasteiger partial charge on any atom is 0.267 e. The molecule has 1 amide bonds. The molecule has 0 atom stereocenters. The van der Waals surface area contributed by atoms with Gasteiger partial charge >= 0.3 is 0 Å². The Balaban J connectivity index is 1.54. The van der Waals surface area contributed by atoms with E-state index < -0.39 is 0 Å². The third-order valence-corrected chi connectivity index (χ3v) is 5.56. The largest absolute Gasteiger partial charge is 0.484 e. The molecule has 3 aromatic rings. The van der Waals surface area contributed by atoms with Crippen molar-refractivity contribution in [3.05, 3.63) is 54.9 Å². The van der Waals surface area contributed by atoms with Crippen molar-refractivity contribution >= 4 is 22.4 Å². The standard InChI is InChI=1S/C20H20N4O2S/c25-18(14-26-17-10-2-1-3-11-17)24(16-8-4-5-9-16)20-23-22-19(27-20)15-7-6-12-21-13-15/h1-3,6-7,10-13,16H,4-5,8-9,14H2. The lowest BCUT2D eigenvalue weighted by Gasteiger charge is -2.26. The number of carbonyl (C=O) groups is 1. The molecule has 1 saturated carbocycles. The number of rotatable bonds is 6. The van der Waals surface area contributed by atoms with Crippen molar-refractivity contribution < 1.29 is 9.53 Å². The first-order valence-electron chi connectivity index (χ1n) is 9.05. The van der Waals surface area contributed by atoms with Crippen LogP contribution in [0.1, 0.15) is 25.7 Å². The molecule has 6 nitrogen and oxygen atoms in total. The second-order valence-electron chi connectivity index (χ2n) is 6.44. The second kappa shape index (κ2) is 8.26. The van der Waals surface area contributed by atoms with E-state index in [1.807, 2.05) is 42.5 Å². The number of hydrogen-bond donors (Lipinski definition) is 0. The SMILES string of the molecule is O=C(COc1ccccc1)N(c1nnc(-c2cccnc2)s1)C1CCCC1. The average Bonchev–Trinajstić information content (AvgIpc) is 3.41. The molecule has 138 valence electrons. The van der Waals surface area contributed by atoms with Crippen molar-refractivity contribution in [2.45, 2.75) is 31.7 Å². The molecule has 0 saturated heterocycles. The summed E-state index contributed by atoms with van der Waals surface area (Å²) in [6.07, 6.45) is 7.70. The molecule has 1 aliphatic rings. The minimum atomic E-state index is -0.0837. The summed E-state index contributed by atoms with van der Waals surface area (Å²) < 4.78 is 5.68. The Morgan fingerprint density at radius 3 is 2.67 bits per heavy atom. The number of ether oxygens (including phenoxy) is 1. The van der Waals surface area contributed by atoms with Crippen LogP contribution in [0.15, 0.2) is 54.9 Å². The second-order valence-corrected chi connectivity index (χ2v) is 7.39. The van der Waals surface area contributed by atoms with Gasteiger partial charge in [-0.3, -0.25) is 14.7 Å². The molecule has 27 heavy (non-hydrogen) atoms. The van der Waals surface area contributed by atoms with Gasteiger partial charge < -0.3 is 4.74 Å². The minimum Gasteiger partial charge on any atom is -0.484 e. The van der Waals surface area contributed by atoms with Crippen LogP contribution in [0.5, 0.6) is 5.75 Å². The highest BCUT2D eigenvalue weighted by molar-refractivity contribution is 7.18. The summed E-state index contributed by atoms with van der Waals surface area (Å²) in [6.45, 7) is -0.0116. The zero-order valence-corrected chi connectivity index (χ0v) is 15.6. The first-order valence-corrected chi connectivity index (χ1v) is 9.87. The Kier molecular flexibility index (Phi) is 5.39. The highest BCUT2D eigenvalue weighted by atomic mass is 32.1. The normalized spacial score (nSPS) is 14.2. The third-order valence-electron chi connectivity index (χ3n) is 4.59. The molecule has 0 spiro atoms. The summed E-state index contributed by atoms with van der Waals surface area (Å²) in [5, 5.41) is 9.97. The highest BCUT2D eigenvalue weighted by Crippen LogP contribution is 2.33. The number of amides is 1. The molecule has 0 aliphatic heterocycles. The fourth-order valence-corrected chi connectivity index (χ4v) is 4.20. The Morgan fingerprint density at radius 1 is 1.11 bits per heavy atom. The van der Waals surface area contributed by atoms with Crippen LogP contribution in [0, 0.1) is 0 Å². The van der Waals surface area contributed by atoms with Gasteiger partial charge in [0.25, 0.3) is 5.91 Å². The van der Waals surface area contributed by atoms with E-state index in [1.165, 1.54) is 11.3 Å². The topological polar surface area (TPSA) is 68.2 Å². The predicted molar refractivity (Wildman–Crippen MR) is 105 cm³/mol. The van der Waals surface area contributed by atoms with Crippen molar-refractivity contribution in [2.75, 3.05) is 11.5 Å². The van der Waals surface area contributed by atoms with Crippen LogP contribution >= 0.6 is 11.3 Å². The first kappa shape index (κ1) is 17.6. The van der Waals surface area contributed by atoms with E-state index in [9.17, 15) is 4.79 Å². The maximum atomic E-state index is 13.0. The van der Waals surface area contributed by atoms with E-state index in [1.54, 1.807) is 17.3 Å². The summed E-state index contributed by atoms with van der Waals surface area (Å²) >= 11 is 1.42. The number of aromatic nitrogens is 3. The number of nitrogens with zero attached hydrogens (tertiary/aromatic N) is 4. The molecular weight excluding hydrogens is 360 g/mol. The van der Waals surface area contributed by atoms with Crippen LogP contribution in [-0.2, 0) is 4.79 Å². The molecule has 1 aromatic carbocycles. The Morgan fingerprint density at radius 2 is 1.93 bits per heavy atom. The number of benzene rings is 1. The lowest BCUT2D eigenvalue weighted by molar-refractivity contribution is -0.121. The fourth-order valence-electron chi connectivity index (χ4n) is 3.28. The Bertz CT molecular complexity index is 879. The van der Waals surface area contributed by atoms with Gasteiger partial charge in [0.2, 0.25) is 5.13 Å². The molecule has 1 aliphatic carbocycles. The summed E-state index contributed by atoms with van der Waals surface area (Å²) in [6, 6.07) is 13.4. The fraction of sp³-hybridized carbons (Fsp3) is 0.300. The van der Waals surface area contributed by atoms with E-state index in [-0.39, 0.29) is 18.6 Å². The van der Waals surface area contributed by atoms with E-state index in [2.05, 4.69) is 15.2 Å². The van der Waals surface area contributed by atoms with Crippen LogP contribution in [0.3, 0.4) is 0 Å². The zero-order chi connectivity index (χ0) is 18.5. The van der Waals surface area contributed by atoms with Crippen molar-refractivity contribution in [2.24, 2.45) is 0 Å². The Hall–Kier alpha value is -2.80. The lowest BCUT2D eigenvalue weighted by Crippen LogP contribution is -2.41. The van der Waals surface area contributed by atoms with Crippen LogP contribution in [0.2, 0.25) is 0 Å². The molecule has 0 radical (unpaired) electrons. The van der Waals surface area contributed by atoms with Gasteiger partial charge in [-0.15, -0.1) is 10.2 Å². The molecule has 0 unspecified atom stereocenters. The molecule has 4 rings (SSSR count). The molecule has 2 heterocycles. The van der Waals surface area contributed by atoms with Gasteiger partial charge in [0.1, 0.15) is 5.75 Å². The molecule has 7 heteroatoms. The number of anilines is 1. The van der Waals surface area contributed by atoms with E-state index in [0.29, 0.717) is 10.9 Å². The van der Waals surface area contributed by atoms with E-state index in [4.69, 9.17) is 4.74 Å². The number of para-hydroxylation sites is 1. The summed E-state index contributed by atoms with van der Waals surface area (Å²) in [5.41, 5.74) is 0.903. The summed E-state index contributed by atoms with van der Waals surface area (Å²) in [5.74, 6) is 0.602. The quantitative estimate of drug-likeness (QED) is 0.648.